The highest BCUT2D eigenvalue weighted by atomic mass is 32.2. The smallest absolute Gasteiger partial charge is 0.271 e. The van der Waals surface area contributed by atoms with Crippen LogP contribution in [0, 0.1) is 17.0 Å². The monoisotopic (exact) mass is 433 g/mol. The first-order valence-corrected chi connectivity index (χ1v) is 11.5. The topological polar surface area (TPSA) is 110 Å². The van der Waals surface area contributed by atoms with Gasteiger partial charge in [0.05, 0.1) is 22.9 Å². The number of non-ortho nitro benzene ring substituents is 1. The Balaban J connectivity index is 2.39. The van der Waals surface area contributed by atoms with E-state index >= 15 is 0 Å². The van der Waals surface area contributed by atoms with E-state index in [-0.39, 0.29) is 23.8 Å². The summed E-state index contributed by atoms with van der Waals surface area (Å²) >= 11 is 0. The van der Waals surface area contributed by atoms with Crippen LogP contribution in [-0.4, -0.2) is 31.5 Å². The van der Waals surface area contributed by atoms with Gasteiger partial charge in [-0.3, -0.25) is 19.2 Å². The lowest BCUT2D eigenvalue weighted by Gasteiger charge is -2.31. The lowest BCUT2D eigenvalue weighted by Crippen LogP contribution is -2.50. The van der Waals surface area contributed by atoms with E-state index < -0.39 is 26.9 Å². The minimum Gasteiger partial charge on any atom is -0.347 e. The molecule has 0 aliphatic carbocycles. The molecule has 0 saturated heterocycles. The van der Waals surface area contributed by atoms with Gasteiger partial charge in [-0.15, -0.1) is 0 Å². The maximum absolute atomic E-state index is 13.1. The molecule has 1 amide bonds. The fraction of sp³-hybridized carbons (Fsp3) is 0.381. The fourth-order valence-electron chi connectivity index (χ4n) is 3.29. The first-order chi connectivity index (χ1) is 14.1. The van der Waals surface area contributed by atoms with Gasteiger partial charge in [0.2, 0.25) is 15.9 Å². The van der Waals surface area contributed by atoms with E-state index in [1.807, 2.05) is 38.1 Å². The Bertz CT molecular complexity index is 1010. The molecule has 0 aliphatic rings. The molecule has 2 rings (SSSR count). The largest absolute Gasteiger partial charge is 0.347 e. The van der Waals surface area contributed by atoms with E-state index in [9.17, 15) is 23.3 Å². The predicted molar refractivity (Wildman–Crippen MR) is 117 cm³/mol. The van der Waals surface area contributed by atoms with Crippen LogP contribution in [0.25, 0.3) is 0 Å². The summed E-state index contributed by atoms with van der Waals surface area (Å²) in [5, 5.41) is 14.1. The number of hydrogen-bond acceptors (Lipinski definition) is 5. The minimum atomic E-state index is -3.88. The van der Waals surface area contributed by atoms with Crippen LogP contribution in [0.2, 0.25) is 0 Å². The number of carbonyl (C=O) groups is 1. The molecule has 9 heteroatoms. The highest BCUT2D eigenvalue weighted by Crippen LogP contribution is 2.27. The zero-order chi connectivity index (χ0) is 22.5. The summed E-state index contributed by atoms with van der Waals surface area (Å²) < 4.78 is 26.1. The number of carbonyl (C=O) groups excluding carboxylic acids is 1. The van der Waals surface area contributed by atoms with Crippen molar-refractivity contribution in [2.75, 3.05) is 10.6 Å². The normalized spacial score (nSPS) is 13.3. The van der Waals surface area contributed by atoms with Crippen molar-refractivity contribution in [1.29, 1.82) is 0 Å². The summed E-state index contributed by atoms with van der Waals surface area (Å²) in [5.41, 5.74) is 1.85. The van der Waals surface area contributed by atoms with E-state index in [1.54, 1.807) is 6.92 Å². The Morgan fingerprint density at radius 3 is 2.27 bits per heavy atom. The summed E-state index contributed by atoms with van der Waals surface area (Å²) in [6, 6.07) is 11.7. The summed E-state index contributed by atoms with van der Waals surface area (Å²) in [4.78, 5) is 23.6. The van der Waals surface area contributed by atoms with Crippen LogP contribution in [-0.2, 0) is 14.8 Å². The SMILES string of the molecule is CC[C@@H](NC(=O)[C@H](CC)N(c1cccc([N+](=O)[O-])c1)S(C)(=O)=O)c1ccc(C)cc1. The number of nitro groups is 1. The second-order valence-electron chi connectivity index (χ2n) is 7.14. The van der Waals surface area contributed by atoms with Crippen molar-refractivity contribution in [2.24, 2.45) is 0 Å². The standard InChI is InChI=1S/C21H27N3O5S/c1-5-19(16-12-10-15(3)11-13-16)22-21(25)20(6-2)23(30(4,28)29)17-8-7-9-18(14-17)24(26)27/h7-14,19-20H,5-6H2,1-4H3,(H,22,25)/t19-,20+/m1/s1. The highest BCUT2D eigenvalue weighted by Gasteiger charge is 2.33. The van der Waals surface area contributed by atoms with E-state index in [4.69, 9.17) is 0 Å². The number of benzene rings is 2. The van der Waals surface area contributed by atoms with Crippen LogP contribution < -0.4 is 9.62 Å². The highest BCUT2D eigenvalue weighted by molar-refractivity contribution is 7.92. The molecule has 0 bridgehead atoms. The van der Waals surface area contributed by atoms with E-state index in [0.717, 1.165) is 27.8 Å². The molecule has 0 fully saturated rings. The van der Waals surface area contributed by atoms with E-state index in [0.29, 0.717) is 6.42 Å². The lowest BCUT2D eigenvalue weighted by atomic mass is 10.0. The number of rotatable bonds is 9. The zero-order valence-corrected chi connectivity index (χ0v) is 18.3. The number of anilines is 1. The molecule has 0 aromatic heterocycles. The third-order valence-electron chi connectivity index (χ3n) is 4.83. The second-order valence-corrected chi connectivity index (χ2v) is 9.00. The van der Waals surface area contributed by atoms with Crippen LogP contribution in [0.1, 0.15) is 43.9 Å². The molecular weight excluding hydrogens is 406 g/mol. The maximum atomic E-state index is 13.1. The number of sulfonamides is 1. The first kappa shape index (κ1) is 23.3. The van der Waals surface area contributed by atoms with Crippen LogP contribution in [0.4, 0.5) is 11.4 Å². The number of nitrogens with one attached hydrogen (secondary N) is 1. The molecule has 30 heavy (non-hydrogen) atoms. The number of nitro benzene ring substituents is 1. The third-order valence-corrected chi connectivity index (χ3v) is 6.01. The number of nitrogens with zero attached hydrogens (tertiary/aromatic N) is 2. The number of amides is 1. The fourth-order valence-corrected chi connectivity index (χ4v) is 4.50. The Labute approximate surface area is 177 Å². The maximum Gasteiger partial charge on any atom is 0.271 e. The van der Waals surface area contributed by atoms with E-state index in [1.165, 1.54) is 18.2 Å². The minimum absolute atomic E-state index is 0.0806. The van der Waals surface area contributed by atoms with Gasteiger partial charge in [0, 0.05) is 12.1 Å². The molecule has 0 heterocycles. The van der Waals surface area contributed by atoms with Gasteiger partial charge in [0.25, 0.3) is 5.69 Å². The molecular formula is C21H27N3O5S. The molecule has 0 unspecified atom stereocenters. The summed E-state index contributed by atoms with van der Waals surface area (Å²) in [6.07, 6.45) is 1.81. The molecule has 2 atom stereocenters. The van der Waals surface area contributed by atoms with Crippen molar-refractivity contribution >= 4 is 27.3 Å². The number of hydrogen-bond donors (Lipinski definition) is 1. The predicted octanol–water partition coefficient (Wildman–Crippen LogP) is 3.72. The van der Waals surface area contributed by atoms with Gasteiger partial charge in [-0.1, -0.05) is 49.7 Å². The average molecular weight is 434 g/mol. The molecule has 1 N–H and O–H groups in total. The van der Waals surface area contributed by atoms with Gasteiger partial charge >= 0.3 is 0 Å². The van der Waals surface area contributed by atoms with Crippen LogP contribution in [0.15, 0.2) is 48.5 Å². The van der Waals surface area contributed by atoms with Crippen LogP contribution in [0.5, 0.6) is 0 Å². The van der Waals surface area contributed by atoms with Gasteiger partial charge in [-0.05, 0) is 31.4 Å². The Morgan fingerprint density at radius 2 is 1.77 bits per heavy atom. The average Bonchev–Trinajstić information content (AvgIpc) is 2.69. The summed E-state index contributed by atoms with van der Waals surface area (Å²) in [6.45, 7) is 5.60. The zero-order valence-electron chi connectivity index (χ0n) is 17.5. The van der Waals surface area contributed by atoms with Gasteiger partial charge in [0.1, 0.15) is 6.04 Å². The van der Waals surface area contributed by atoms with Crippen molar-refractivity contribution in [3.8, 4) is 0 Å². The van der Waals surface area contributed by atoms with Crippen molar-refractivity contribution in [2.45, 2.75) is 45.7 Å². The van der Waals surface area contributed by atoms with Crippen molar-refractivity contribution in [1.82, 2.24) is 5.32 Å². The van der Waals surface area contributed by atoms with Gasteiger partial charge < -0.3 is 5.32 Å². The van der Waals surface area contributed by atoms with Crippen LogP contribution in [0.3, 0.4) is 0 Å². The van der Waals surface area contributed by atoms with Gasteiger partial charge in [-0.2, -0.15) is 0 Å². The molecule has 0 spiro atoms. The molecule has 0 saturated carbocycles. The molecule has 8 nitrogen and oxygen atoms in total. The van der Waals surface area contributed by atoms with Crippen LogP contribution >= 0.6 is 0 Å². The molecule has 2 aromatic rings. The molecule has 2 aromatic carbocycles. The van der Waals surface area contributed by atoms with Crippen molar-refractivity contribution in [3.05, 3.63) is 69.8 Å². The van der Waals surface area contributed by atoms with Crippen molar-refractivity contribution < 1.29 is 18.1 Å². The van der Waals surface area contributed by atoms with Gasteiger partial charge in [0.15, 0.2) is 0 Å². The molecule has 0 aliphatic heterocycles. The first-order valence-electron chi connectivity index (χ1n) is 9.69. The Kier molecular flexibility index (Phi) is 7.55. The van der Waals surface area contributed by atoms with E-state index in [2.05, 4.69) is 5.32 Å². The second kappa shape index (κ2) is 9.71. The Morgan fingerprint density at radius 1 is 1.13 bits per heavy atom. The summed E-state index contributed by atoms with van der Waals surface area (Å²) in [7, 11) is -3.88. The van der Waals surface area contributed by atoms with Gasteiger partial charge in [-0.25, -0.2) is 8.42 Å². The molecule has 162 valence electrons. The Hall–Kier alpha value is -2.94. The quantitative estimate of drug-likeness (QED) is 0.479. The number of aryl methyl sites for hydroxylation is 1. The summed E-state index contributed by atoms with van der Waals surface area (Å²) in [5.74, 6) is -0.457. The molecule has 0 radical (unpaired) electrons. The lowest BCUT2D eigenvalue weighted by molar-refractivity contribution is -0.384. The third kappa shape index (κ3) is 5.56. The van der Waals surface area contributed by atoms with Crippen molar-refractivity contribution in [3.63, 3.8) is 0 Å².